The molecular formula is C48H37NS. The zero-order valence-electron chi connectivity index (χ0n) is 28.8. The molecule has 0 atom stereocenters. The smallest absolute Gasteiger partial charge is 0.0540 e. The molecule has 0 bridgehead atoms. The van der Waals surface area contributed by atoms with Gasteiger partial charge in [0.25, 0.3) is 0 Å². The van der Waals surface area contributed by atoms with Crippen LogP contribution in [-0.2, 0) is 10.8 Å². The number of thiophene rings is 1. The Hall–Kier alpha value is -5.44. The SMILES string of the molecule is CC1(C)c2ccccc2-c2cc(N(c3ccc4c(c3)C(C)(C)c3ccccc3-4)c3ccccc3-c3cccc4sc5ccccc5c34)ccc21. The van der Waals surface area contributed by atoms with E-state index in [-0.39, 0.29) is 10.8 Å². The zero-order chi connectivity index (χ0) is 33.8. The quantitative estimate of drug-likeness (QED) is 0.182. The second-order valence-electron chi connectivity index (χ2n) is 14.9. The minimum absolute atomic E-state index is 0.0494. The van der Waals surface area contributed by atoms with E-state index in [9.17, 15) is 0 Å². The fourth-order valence-corrected chi connectivity index (χ4v) is 10.1. The van der Waals surface area contributed by atoms with E-state index in [0.717, 1.165) is 0 Å². The molecule has 2 heteroatoms. The summed E-state index contributed by atoms with van der Waals surface area (Å²) in [7, 11) is 0. The molecule has 1 aromatic heterocycles. The van der Waals surface area contributed by atoms with Crippen molar-refractivity contribution < 1.29 is 0 Å². The first-order valence-corrected chi connectivity index (χ1v) is 18.4. The van der Waals surface area contributed by atoms with Gasteiger partial charge in [-0.15, -0.1) is 11.3 Å². The van der Waals surface area contributed by atoms with Crippen LogP contribution in [0.25, 0.3) is 53.6 Å². The standard InChI is InChI=1S/C48H37NS/c1-47(2)40-20-10-6-15-33(40)38-28-30(25-27-41(38)47)49(31-24-26-34-32-14-5-9-19-39(32)48(3,4)42(34)29-31)43-21-11-7-16-35(43)36-18-13-23-45-46(36)37-17-8-12-22-44(37)50-45/h5-29H,1-4H3. The molecule has 240 valence electrons. The van der Waals surface area contributed by atoms with Gasteiger partial charge in [-0.25, -0.2) is 0 Å². The Labute approximate surface area is 298 Å². The maximum atomic E-state index is 2.51. The topological polar surface area (TPSA) is 3.24 Å². The molecule has 0 spiro atoms. The van der Waals surface area contributed by atoms with Gasteiger partial charge < -0.3 is 4.90 Å². The van der Waals surface area contributed by atoms with E-state index in [1.54, 1.807) is 0 Å². The van der Waals surface area contributed by atoms with Crippen molar-refractivity contribution >= 4 is 48.6 Å². The molecule has 0 saturated heterocycles. The second-order valence-corrected chi connectivity index (χ2v) is 16.0. The van der Waals surface area contributed by atoms with Crippen molar-refractivity contribution in [3.05, 3.63) is 174 Å². The Balaban J connectivity index is 1.24. The van der Waals surface area contributed by atoms with Gasteiger partial charge in [-0.1, -0.05) is 137 Å². The Kier molecular flexibility index (Phi) is 6.21. The average Bonchev–Trinajstić information content (AvgIpc) is 3.72. The number of para-hydroxylation sites is 1. The van der Waals surface area contributed by atoms with E-state index >= 15 is 0 Å². The third-order valence-corrected chi connectivity index (χ3v) is 12.6. The molecule has 1 nitrogen and oxygen atoms in total. The fourth-order valence-electron chi connectivity index (χ4n) is 9.00. The van der Waals surface area contributed by atoms with Crippen LogP contribution in [0.5, 0.6) is 0 Å². The van der Waals surface area contributed by atoms with Crippen LogP contribution in [0.1, 0.15) is 49.9 Å². The monoisotopic (exact) mass is 659 g/mol. The molecule has 0 fully saturated rings. The Morgan fingerprint density at radius 3 is 1.74 bits per heavy atom. The first-order chi connectivity index (χ1) is 24.3. The first kappa shape index (κ1) is 29.5. The molecule has 0 unspecified atom stereocenters. The third kappa shape index (κ3) is 4.06. The highest BCUT2D eigenvalue weighted by atomic mass is 32.1. The molecule has 2 aliphatic rings. The molecule has 50 heavy (non-hydrogen) atoms. The van der Waals surface area contributed by atoms with Crippen molar-refractivity contribution in [2.45, 2.75) is 38.5 Å². The molecule has 0 saturated carbocycles. The Morgan fingerprint density at radius 1 is 0.400 bits per heavy atom. The maximum Gasteiger partial charge on any atom is 0.0540 e. The van der Waals surface area contributed by atoms with Gasteiger partial charge in [-0.2, -0.15) is 0 Å². The van der Waals surface area contributed by atoms with Crippen LogP contribution in [-0.4, -0.2) is 0 Å². The lowest BCUT2D eigenvalue weighted by molar-refractivity contribution is 0.660. The summed E-state index contributed by atoms with van der Waals surface area (Å²) in [4.78, 5) is 2.51. The summed E-state index contributed by atoms with van der Waals surface area (Å²) in [5.41, 5.74) is 16.7. The number of fused-ring (bicyclic) bond motifs is 9. The van der Waals surface area contributed by atoms with Gasteiger partial charge in [-0.3, -0.25) is 0 Å². The number of hydrogen-bond donors (Lipinski definition) is 0. The average molecular weight is 660 g/mol. The van der Waals surface area contributed by atoms with Crippen LogP contribution in [0.15, 0.2) is 152 Å². The van der Waals surface area contributed by atoms with Gasteiger partial charge in [0.15, 0.2) is 0 Å². The molecule has 0 amide bonds. The van der Waals surface area contributed by atoms with Crippen LogP contribution in [0, 0.1) is 0 Å². The highest BCUT2D eigenvalue weighted by Crippen LogP contribution is 2.54. The van der Waals surface area contributed by atoms with Crippen LogP contribution in [0.4, 0.5) is 17.1 Å². The number of nitrogens with zero attached hydrogens (tertiary/aromatic N) is 1. The lowest BCUT2D eigenvalue weighted by atomic mass is 9.82. The third-order valence-electron chi connectivity index (χ3n) is 11.5. The van der Waals surface area contributed by atoms with Gasteiger partial charge in [0.2, 0.25) is 0 Å². The van der Waals surface area contributed by atoms with E-state index in [1.165, 1.54) is 92.9 Å². The van der Waals surface area contributed by atoms with Gasteiger partial charge in [-0.05, 0) is 92.5 Å². The van der Waals surface area contributed by atoms with Crippen molar-refractivity contribution in [1.29, 1.82) is 0 Å². The predicted octanol–water partition coefficient (Wildman–Crippen LogP) is 13.8. The predicted molar refractivity (Wildman–Crippen MR) is 215 cm³/mol. The molecule has 0 N–H and O–H groups in total. The number of rotatable bonds is 4. The highest BCUT2D eigenvalue weighted by molar-refractivity contribution is 7.25. The summed E-state index contributed by atoms with van der Waals surface area (Å²) in [6, 6.07) is 56.8. The molecule has 10 rings (SSSR count). The minimum atomic E-state index is -0.102. The molecule has 0 radical (unpaired) electrons. The van der Waals surface area contributed by atoms with E-state index in [0.29, 0.717) is 0 Å². The first-order valence-electron chi connectivity index (χ1n) is 17.6. The van der Waals surface area contributed by atoms with Crippen molar-refractivity contribution in [3.63, 3.8) is 0 Å². The van der Waals surface area contributed by atoms with Gasteiger partial charge in [0, 0.05) is 47.9 Å². The van der Waals surface area contributed by atoms with Crippen molar-refractivity contribution in [1.82, 2.24) is 0 Å². The lowest BCUT2D eigenvalue weighted by Crippen LogP contribution is -2.17. The summed E-state index contributed by atoms with van der Waals surface area (Å²) in [6.07, 6.45) is 0. The number of hydrogen-bond acceptors (Lipinski definition) is 2. The van der Waals surface area contributed by atoms with E-state index in [1.807, 2.05) is 11.3 Å². The Morgan fingerprint density at radius 2 is 0.940 bits per heavy atom. The largest absolute Gasteiger partial charge is 0.310 e. The van der Waals surface area contributed by atoms with Crippen molar-refractivity contribution in [2.75, 3.05) is 4.90 Å². The zero-order valence-corrected chi connectivity index (χ0v) is 29.6. The fraction of sp³-hybridized carbons (Fsp3) is 0.125. The van der Waals surface area contributed by atoms with Crippen LogP contribution in [0.2, 0.25) is 0 Å². The summed E-state index contributed by atoms with van der Waals surface area (Å²) >= 11 is 1.88. The number of benzene rings is 7. The van der Waals surface area contributed by atoms with Gasteiger partial charge in [0.05, 0.1) is 5.69 Å². The van der Waals surface area contributed by atoms with Crippen LogP contribution >= 0.6 is 11.3 Å². The van der Waals surface area contributed by atoms with Gasteiger partial charge >= 0.3 is 0 Å². The van der Waals surface area contributed by atoms with E-state index in [2.05, 4.69) is 184 Å². The maximum absolute atomic E-state index is 2.51. The van der Waals surface area contributed by atoms with Crippen molar-refractivity contribution in [2.24, 2.45) is 0 Å². The van der Waals surface area contributed by atoms with Gasteiger partial charge in [0.1, 0.15) is 0 Å². The van der Waals surface area contributed by atoms with E-state index in [4.69, 9.17) is 0 Å². The summed E-state index contributed by atoms with van der Waals surface area (Å²) < 4.78 is 2.64. The molecule has 0 aliphatic heterocycles. The summed E-state index contributed by atoms with van der Waals surface area (Å²) in [6.45, 7) is 9.46. The summed E-state index contributed by atoms with van der Waals surface area (Å²) in [5.74, 6) is 0. The molecular weight excluding hydrogens is 623 g/mol. The lowest BCUT2D eigenvalue weighted by Gasteiger charge is -2.30. The normalized spacial score (nSPS) is 14.7. The minimum Gasteiger partial charge on any atom is -0.310 e. The molecule has 7 aromatic carbocycles. The summed E-state index contributed by atoms with van der Waals surface area (Å²) in [5, 5.41) is 2.65. The molecule has 8 aromatic rings. The van der Waals surface area contributed by atoms with Crippen LogP contribution < -0.4 is 4.90 Å². The number of anilines is 3. The highest BCUT2D eigenvalue weighted by Gasteiger charge is 2.37. The molecule has 1 heterocycles. The second kappa shape index (κ2) is 10.5. The Bertz CT molecular complexity index is 2670. The molecule has 2 aliphatic carbocycles. The van der Waals surface area contributed by atoms with Crippen LogP contribution in [0.3, 0.4) is 0 Å². The van der Waals surface area contributed by atoms with E-state index < -0.39 is 0 Å². The van der Waals surface area contributed by atoms with Crippen molar-refractivity contribution in [3.8, 4) is 33.4 Å².